The second kappa shape index (κ2) is 9.99. The molecule has 0 radical (unpaired) electrons. The van der Waals surface area contributed by atoms with Gasteiger partial charge in [0, 0.05) is 54.4 Å². The molecule has 0 saturated heterocycles. The van der Waals surface area contributed by atoms with Crippen molar-refractivity contribution in [2.24, 2.45) is 4.99 Å². The SMILES string of the molecule is CN=C(NCCSc1ccc(Cl)cc1)NCc1ccnc(-n2cccn2)c1. The van der Waals surface area contributed by atoms with E-state index in [2.05, 4.69) is 25.7 Å². The van der Waals surface area contributed by atoms with Crippen molar-refractivity contribution < 1.29 is 0 Å². The van der Waals surface area contributed by atoms with E-state index in [1.165, 1.54) is 4.90 Å². The minimum Gasteiger partial charge on any atom is -0.356 e. The number of rotatable bonds is 7. The second-order valence-electron chi connectivity index (χ2n) is 5.63. The molecule has 0 atom stereocenters. The number of hydrogen-bond acceptors (Lipinski definition) is 4. The van der Waals surface area contributed by atoms with Crippen LogP contribution >= 0.6 is 23.4 Å². The Bertz CT molecular complexity index is 864. The molecule has 3 rings (SSSR count). The summed E-state index contributed by atoms with van der Waals surface area (Å²) >= 11 is 7.68. The Hall–Kier alpha value is -2.51. The summed E-state index contributed by atoms with van der Waals surface area (Å²) in [4.78, 5) is 9.81. The molecule has 8 heteroatoms. The van der Waals surface area contributed by atoms with Gasteiger partial charge in [-0.1, -0.05) is 11.6 Å². The quantitative estimate of drug-likeness (QED) is 0.275. The third-order valence-corrected chi connectivity index (χ3v) is 4.98. The van der Waals surface area contributed by atoms with Crippen LogP contribution in [0.3, 0.4) is 0 Å². The van der Waals surface area contributed by atoms with Gasteiger partial charge in [-0.05, 0) is 48.0 Å². The molecule has 2 heterocycles. The minimum atomic E-state index is 0.654. The zero-order chi connectivity index (χ0) is 18.9. The van der Waals surface area contributed by atoms with E-state index in [4.69, 9.17) is 11.6 Å². The number of guanidine groups is 1. The molecule has 0 aliphatic carbocycles. The first-order valence-electron chi connectivity index (χ1n) is 8.52. The van der Waals surface area contributed by atoms with Crippen molar-refractivity contribution in [2.45, 2.75) is 11.4 Å². The third kappa shape index (κ3) is 6.01. The molecule has 0 saturated carbocycles. The molecule has 0 spiro atoms. The maximum Gasteiger partial charge on any atom is 0.191 e. The lowest BCUT2D eigenvalue weighted by molar-refractivity contribution is 0.815. The van der Waals surface area contributed by atoms with Crippen LogP contribution < -0.4 is 10.6 Å². The molecule has 0 amide bonds. The van der Waals surface area contributed by atoms with E-state index in [0.29, 0.717) is 6.54 Å². The normalized spacial score (nSPS) is 11.4. The van der Waals surface area contributed by atoms with Gasteiger partial charge in [-0.2, -0.15) is 5.10 Å². The van der Waals surface area contributed by atoms with Gasteiger partial charge >= 0.3 is 0 Å². The van der Waals surface area contributed by atoms with Crippen molar-refractivity contribution in [2.75, 3.05) is 19.3 Å². The standard InChI is InChI=1S/C19H21ClN6S/c1-21-19(23-10-12-27-17-5-3-16(20)4-6-17)24-14-15-7-9-22-18(13-15)26-11-2-8-25-26/h2-9,11,13H,10,12,14H2,1H3,(H2,21,23,24). The second-order valence-corrected chi connectivity index (χ2v) is 7.23. The van der Waals surface area contributed by atoms with Gasteiger partial charge < -0.3 is 10.6 Å². The van der Waals surface area contributed by atoms with Crippen molar-refractivity contribution in [3.05, 3.63) is 71.6 Å². The highest BCUT2D eigenvalue weighted by atomic mass is 35.5. The molecule has 3 aromatic rings. The van der Waals surface area contributed by atoms with E-state index >= 15 is 0 Å². The molecule has 0 bridgehead atoms. The average Bonchev–Trinajstić information content (AvgIpc) is 3.24. The number of thioether (sulfide) groups is 1. The molecule has 0 aliphatic rings. The fraction of sp³-hybridized carbons (Fsp3) is 0.211. The molecule has 140 valence electrons. The summed E-state index contributed by atoms with van der Waals surface area (Å²) in [5, 5.41) is 11.6. The Kier molecular flexibility index (Phi) is 7.12. The number of pyridine rings is 1. The maximum absolute atomic E-state index is 5.90. The van der Waals surface area contributed by atoms with Crippen molar-refractivity contribution >= 4 is 29.3 Å². The highest BCUT2D eigenvalue weighted by molar-refractivity contribution is 7.99. The van der Waals surface area contributed by atoms with E-state index < -0.39 is 0 Å². The fourth-order valence-electron chi connectivity index (χ4n) is 2.38. The van der Waals surface area contributed by atoms with Crippen LogP contribution in [0, 0.1) is 0 Å². The first-order valence-corrected chi connectivity index (χ1v) is 9.89. The topological polar surface area (TPSA) is 67.1 Å². The van der Waals surface area contributed by atoms with Crippen molar-refractivity contribution in [3.63, 3.8) is 0 Å². The zero-order valence-electron chi connectivity index (χ0n) is 15.0. The van der Waals surface area contributed by atoms with Gasteiger partial charge in [0.25, 0.3) is 0 Å². The molecule has 1 aromatic carbocycles. The van der Waals surface area contributed by atoms with E-state index in [9.17, 15) is 0 Å². The number of halogens is 1. The molecule has 0 unspecified atom stereocenters. The lowest BCUT2D eigenvalue weighted by atomic mass is 10.2. The molecule has 6 nitrogen and oxygen atoms in total. The molecule has 0 aliphatic heterocycles. The predicted octanol–water partition coefficient (Wildman–Crippen LogP) is 3.38. The Balaban J connectivity index is 1.44. The zero-order valence-corrected chi connectivity index (χ0v) is 16.5. The van der Waals surface area contributed by atoms with Crippen LogP contribution in [0.1, 0.15) is 5.56 Å². The van der Waals surface area contributed by atoms with Crippen LogP contribution in [0.25, 0.3) is 5.82 Å². The van der Waals surface area contributed by atoms with E-state index in [1.54, 1.807) is 35.9 Å². The van der Waals surface area contributed by atoms with E-state index in [-0.39, 0.29) is 0 Å². The average molecular weight is 401 g/mol. The van der Waals surface area contributed by atoms with E-state index in [1.807, 2.05) is 48.7 Å². The van der Waals surface area contributed by atoms with Crippen molar-refractivity contribution in [1.82, 2.24) is 25.4 Å². The van der Waals surface area contributed by atoms with Crippen LogP contribution in [0.5, 0.6) is 0 Å². The summed E-state index contributed by atoms with van der Waals surface area (Å²) in [5.41, 5.74) is 1.11. The lowest BCUT2D eigenvalue weighted by Gasteiger charge is -2.12. The summed E-state index contributed by atoms with van der Waals surface area (Å²) in [5.74, 6) is 2.49. The minimum absolute atomic E-state index is 0.654. The Morgan fingerprint density at radius 1 is 1.19 bits per heavy atom. The molecule has 0 fully saturated rings. The summed E-state index contributed by atoms with van der Waals surface area (Å²) in [6.45, 7) is 1.46. The maximum atomic E-state index is 5.90. The Morgan fingerprint density at radius 3 is 2.78 bits per heavy atom. The molecule has 2 aromatic heterocycles. The highest BCUT2D eigenvalue weighted by Crippen LogP contribution is 2.19. The first-order chi connectivity index (χ1) is 13.2. The number of nitrogens with zero attached hydrogens (tertiary/aromatic N) is 4. The summed E-state index contributed by atoms with van der Waals surface area (Å²) in [7, 11) is 1.77. The van der Waals surface area contributed by atoms with Gasteiger partial charge in [-0.15, -0.1) is 11.8 Å². The first kappa shape index (κ1) is 19.3. The largest absolute Gasteiger partial charge is 0.356 e. The van der Waals surface area contributed by atoms with Gasteiger partial charge in [0.2, 0.25) is 0 Å². The van der Waals surface area contributed by atoms with Crippen LogP contribution in [0.2, 0.25) is 5.02 Å². The number of benzene rings is 1. The molecule has 27 heavy (non-hydrogen) atoms. The number of aliphatic imine (C=N–C) groups is 1. The fourth-order valence-corrected chi connectivity index (χ4v) is 3.27. The van der Waals surface area contributed by atoms with Crippen LogP contribution in [0.15, 0.2) is 70.9 Å². The summed E-state index contributed by atoms with van der Waals surface area (Å²) < 4.78 is 1.74. The third-order valence-electron chi connectivity index (χ3n) is 3.71. The number of aromatic nitrogens is 3. The van der Waals surface area contributed by atoms with Crippen molar-refractivity contribution in [3.8, 4) is 5.82 Å². The van der Waals surface area contributed by atoms with Gasteiger partial charge in [-0.25, -0.2) is 9.67 Å². The smallest absolute Gasteiger partial charge is 0.191 e. The van der Waals surface area contributed by atoms with Gasteiger partial charge in [0.15, 0.2) is 11.8 Å². The van der Waals surface area contributed by atoms with Crippen molar-refractivity contribution in [1.29, 1.82) is 0 Å². The van der Waals surface area contributed by atoms with Crippen LogP contribution in [-0.4, -0.2) is 40.1 Å². The predicted molar refractivity (Wildman–Crippen MR) is 112 cm³/mol. The monoisotopic (exact) mass is 400 g/mol. The molecular formula is C19H21ClN6S. The van der Waals surface area contributed by atoms with Gasteiger partial charge in [-0.3, -0.25) is 4.99 Å². The Morgan fingerprint density at radius 2 is 2.04 bits per heavy atom. The van der Waals surface area contributed by atoms with E-state index in [0.717, 1.165) is 34.7 Å². The van der Waals surface area contributed by atoms with Gasteiger partial charge in [0.05, 0.1) is 0 Å². The Labute approximate surface area is 168 Å². The number of hydrogen-bond donors (Lipinski definition) is 2. The summed E-state index contributed by atoms with van der Waals surface area (Å²) in [6, 6.07) is 13.7. The summed E-state index contributed by atoms with van der Waals surface area (Å²) in [6.07, 6.45) is 5.39. The highest BCUT2D eigenvalue weighted by Gasteiger charge is 2.02. The molecular weight excluding hydrogens is 380 g/mol. The lowest BCUT2D eigenvalue weighted by Crippen LogP contribution is -2.37. The van der Waals surface area contributed by atoms with Crippen LogP contribution in [-0.2, 0) is 6.54 Å². The van der Waals surface area contributed by atoms with Crippen LogP contribution in [0.4, 0.5) is 0 Å². The van der Waals surface area contributed by atoms with Gasteiger partial charge in [0.1, 0.15) is 0 Å². The number of nitrogens with one attached hydrogen (secondary N) is 2. The molecule has 2 N–H and O–H groups in total.